The zero-order valence-electron chi connectivity index (χ0n) is 14.7. The van der Waals surface area contributed by atoms with Crippen LogP contribution in [0.4, 0.5) is 10.5 Å². The average molecular weight is 472 g/mol. The summed E-state index contributed by atoms with van der Waals surface area (Å²) in [6.45, 7) is -1.04. The van der Waals surface area contributed by atoms with Crippen molar-refractivity contribution in [3.05, 3.63) is 52.0 Å². The second kappa shape index (κ2) is 10.5. The Morgan fingerprint density at radius 2 is 1.79 bits per heavy atom. The maximum absolute atomic E-state index is 11.7. The molecule has 0 saturated heterocycles. The van der Waals surface area contributed by atoms with Gasteiger partial charge in [0.25, 0.3) is 5.91 Å². The first-order valence-electron chi connectivity index (χ1n) is 7.85. The molecule has 0 fully saturated rings. The zero-order valence-corrected chi connectivity index (χ0v) is 17.0. The van der Waals surface area contributed by atoms with Crippen LogP contribution in [-0.4, -0.2) is 38.2 Å². The molecule has 8 nitrogen and oxygen atoms in total. The van der Waals surface area contributed by atoms with Crippen molar-refractivity contribution in [1.29, 1.82) is 0 Å². The summed E-state index contributed by atoms with van der Waals surface area (Å²) >= 11 is 9.06. The lowest BCUT2D eigenvalue weighted by Gasteiger charge is -2.09. The number of carbonyl (C=O) groups is 3. The number of hydrogen-bond acceptors (Lipinski definition) is 6. The van der Waals surface area contributed by atoms with Crippen molar-refractivity contribution in [2.45, 2.75) is 0 Å². The summed E-state index contributed by atoms with van der Waals surface area (Å²) in [7, 11) is 1.52. The van der Waals surface area contributed by atoms with Crippen LogP contribution in [0.2, 0.25) is 5.02 Å². The molecule has 0 bridgehead atoms. The fourth-order valence-corrected chi connectivity index (χ4v) is 2.71. The molecule has 0 aliphatic heterocycles. The van der Waals surface area contributed by atoms with Crippen LogP contribution in [-0.2, 0) is 14.3 Å². The Bertz CT molecular complexity index is 860. The molecule has 2 N–H and O–H groups in total. The molecular weight excluding hydrogens is 456 g/mol. The van der Waals surface area contributed by atoms with Crippen molar-refractivity contribution >= 4 is 51.1 Å². The van der Waals surface area contributed by atoms with Crippen LogP contribution in [0.25, 0.3) is 0 Å². The third-order valence-corrected chi connectivity index (χ3v) is 4.06. The highest BCUT2D eigenvalue weighted by atomic mass is 79.9. The number of benzene rings is 2. The molecule has 148 valence electrons. The summed E-state index contributed by atoms with van der Waals surface area (Å²) in [5.41, 5.74) is 0.463. The van der Waals surface area contributed by atoms with Gasteiger partial charge in [-0.2, -0.15) is 0 Å². The maximum atomic E-state index is 11.7. The van der Waals surface area contributed by atoms with Crippen LogP contribution in [0.3, 0.4) is 0 Å². The summed E-state index contributed by atoms with van der Waals surface area (Å²) in [6.07, 6.45) is 0. The van der Waals surface area contributed by atoms with Crippen LogP contribution in [0.15, 0.2) is 46.9 Å². The molecule has 2 aromatic carbocycles. The highest BCUT2D eigenvalue weighted by Gasteiger charge is 2.12. The van der Waals surface area contributed by atoms with Gasteiger partial charge in [-0.05, 0) is 58.4 Å². The van der Waals surface area contributed by atoms with Crippen molar-refractivity contribution in [3.8, 4) is 11.5 Å². The van der Waals surface area contributed by atoms with Crippen LogP contribution in [0, 0.1) is 0 Å². The molecule has 0 spiro atoms. The number of methoxy groups -OCH3 is 1. The number of nitrogens with one attached hydrogen (secondary N) is 2. The van der Waals surface area contributed by atoms with Gasteiger partial charge in [0.15, 0.2) is 13.2 Å². The molecule has 0 unspecified atom stereocenters. The van der Waals surface area contributed by atoms with Crippen molar-refractivity contribution in [2.24, 2.45) is 0 Å². The van der Waals surface area contributed by atoms with Gasteiger partial charge < -0.3 is 19.5 Å². The summed E-state index contributed by atoms with van der Waals surface area (Å²) in [5, 5.41) is 5.01. The first-order valence-corrected chi connectivity index (χ1v) is 9.03. The Labute approximate surface area is 174 Å². The lowest BCUT2D eigenvalue weighted by atomic mass is 10.3. The van der Waals surface area contributed by atoms with E-state index in [0.717, 1.165) is 0 Å². The van der Waals surface area contributed by atoms with Gasteiger partial charge in [-0.25, -0.2) is 9.59 Å². The van der Waals surface area contributed by atoms with Gasteiger partial charge in [-0.1, -0.05) is 11.6 Å². The van der Waals surface area contributed by atoms with E-state index in [9.17, 15) is 14.4 Å². The number of hydrogen-bond donors (Lipinski definition) is 2. The van der Waals surface area contributed by atoms with E-state index in [4.69, 9.17) is 25.8 Å². The van der Waals surface area contributed by atoms with Gasteiger partial charge in [-0.15, -0.1) is 0 Å². The number of rotatable bonds is 7. The summed E-state index contributed by atoms with van der Waals surface area (Å²) < 4.78 is 15.6. The molecule has 0 atom stereocenters. The predicted molar refractivity (Wildman–Crippen MR) is 106 cm³/mol. The number of ether oxygens (including phenoxy) is 3. The molecule has 2 aromatic rings. The number of carbonyl (C=O) groups excluding carboxylic acids is 3. The highest BCUT2D eigenvalue weighted by Crippen LogP contribution is 2.27. The van der Waals surface area contributed by atoms with Crippen molar-refractivity contribution in [3.63, 3.8) is 0 Å². The Hall–Kier alpha value is -2.78. The van der Waals surface area contributed by atoms with Gasteiger partial charge in [0.05, 0.1) is 11.6 Å². The van der Waals surface area contributed by atoms with Gasteiger partial charge >= 0.3 is 12.0 Å². The monoisotopic (exact) mass is 470 g/mol. The molecule has 0 aliphatic rings. The third kappa shape index (κ3) is 7.09. The smallest absolute Gasteiger partial charge is 0.344 e. The van der Waals surface area contributed by atoms with Crippen LogP contribution >= 0.6 is 27.5 Å². The van der Waals surface area contributed by atoms with E-state index in [2.05, 4.69) is 21.2 Å². The summed E-state index contributed by atoms with van der Waals surface area (Å²) in [5.74, 6) is -0.536. The minimum absolute atomic E-state index is 0.393. The fraction of sp³-hybridized carbons (Fsp3) is 0.167. The van der Waals surface area contributed by atoms with E-state index in [1.165, 1.54) is 7.11 Å². The Kier molecular flexibility index (Phi) is 8.09. The molecule has 0 aromatic heterocycles. The number of halogens is 2. The van der Waals surface area contributed by atoms with E-state index < -0.39 is 31.1 Å². The second-order valence-electron chi connectivity index (χ2n) is 5.25. The lowest BCUT2D eigenvalue weighted by Crippen LogP contribution is -2.37. The minimum Gasteiger partial charge on any atom is -0.497 e. The summed E-state index contributed by atoms with van der Waals surface area (Å²) in [4.78, 5) is 35.1. The number of anilines is 1. The molecule has 0 saturated carbocycles. The SMILES string of the molecule is COc1ccc(NC(=O)NC(=O)COC(=O)COc2ccc(Cl)cc2Br)cc1. The maximum Gasteiger partial charge on any atom is 0.344 e. The molecule has 28 heavy (non-hydrogen) atoms. The van der Waals surface area contributed by atoms with Gasteiger partial charge in [0.1, 0.15) is 11.5 Å². The lowest BCUT2D eigenvalue weighted by molar-refractivity contribution is -0.150. The van der Waals surface area contributed by atoms with Crippen molar-refractivity contribution < 1.29 is 28.6 Å². The molecule has 3 amide bonds. The molecule has 0 radical (unpaired) electrons. The number of amides is 3. The quantitative estimate of drug-likeness (QED) is 0.600. The topological polar surface area (TPSA) is 103 Å². The van der Waals surface area contributed by atoms with E-state index in [1.807, 2.05) is 5.32 Å². The van der Waals surface area contributed by atoms with Crippen molar-refractivity contribution in [2.75, 3.05) is 25.6 Å². The van der Waals surface area contributed by atoms with E-state index in [1.54, 1.807) is 42.5 Å². The largest absolute Gasteiger partial charge is 0.497 e. The second-order valence-corrected chi connectivity index (χ2v) is 6.55. The van der Waals surface area contributed by atoms with Crippen LogP contribution in [0.1, 0.15) is 0 Å². The van der Waals surface area contributed by atoms with Gasteiger partial charge in [0.2, 0.25) is 0 Å². The van der Waals surface area contributed by atoms with Crippen molar-refractivity contribution in [1.82, 2.24) is 5.32 Å². The van der Waals surface area contributed by atoms with E-state index in [-0.39, 0.29) is 0 Å². The number of imide groups is 1. The highest BCUT2D eigenvalue weighted by molar-refractivity contribution is 9.10. The summed E-state index contributed by atoms with van der Waals surface area (Å²) in [6, 6.07) is 10.5. The first-order chi connectivity index (χ1) is 13.4. The number of urea groups is 1. The van der Waals surface area contributed by atoms with Gasteiger partial charge in [-0.3, -0.25) is 10.1 Å². The zero-order chi connectivity index (χ0) is 20.5. The van der Waals surface area contributed by atoms with E-state index in [0.29, 0.717) is 26.7 Å². The Balaban J connectivity index is 1.70. The predicted octanol–water partition coefficient (Wildman–Crippen LogP) is 3.38. The van der Waals surface area contributed by atoms with E-state index >= 15 is 0 Å². The standard InChI is InChI=1S/C18H16BrClN2O6/c1-26-13-5-3-12(4-6-13)21-18(25)22-16(23)9-28-17(24)10-27-15-7-2-11(20)8-14(15)19/h2-8H,9-10H2,1H3,(H2,21,22,23,25). The normalized spacial score (nSPS) is 9.96. The Morgan fingerprint density at radius 3 is 2.43 bits per heavy atom. The molecule has 10 heteroatoms. The Morgan fingerprint density at radius 1 is 1.07 bits per heavy atom. The minimum atomic E-state index is -0.785. The van der Waals surface area contributed by atoms with Crippen LogP contribution < -0.4 is 20.1 Å². The van der Waals surface area contributed by atoms with Crippen LogP contribution in [0.5, 0.6) is 11.5 Å². The first kappa shape index (κ1) is 21.5. The van der Waals surface area contributed by atoms with Gasteiger partial charge in [0, 0.05) is 10.7 Å². The number of esters is 1. The molecule has 0 heterocycles. The fourth-order valence-electron chi connectivity index (χ4n) is 1.92. The molecule has 2 rings (SSSR count). The average Bonchev–Trinajstić information content (AvgIpc) is 2.66. The third-order valence-electron chi connectivity index (χ3n) is 3.20. The molecular formula is C18H16BrClN2O6. The molecule has 0 aliphatic carbocycles.